The van der Waals surface area contributed by atoms with Gasteiger partial charge >= 0.3 is 5.97 Å². The number of rotatable bonds is 8. The van der Waals surface area contributed by atoms with E-state index in [0.717, 1.165) is 23.2 Å². The van der Waals surface area contributed by atoms with E-state index in [1.807, 2.05) is 50.4 Å². The minimum Gasteiger partial charge on any atom is -0.457 e. The molecule has 2 aromatic rings. The summed E-state index contributed by atoms with van der Waals surface area (Å²) in [5.41, 5.74) is -4.80. The number of nitrogens with zero attached hydrogens (tertiary/aromatic N) is 4. The number of oxime groups is 1. The third-order valence-corrected chi connectivity index (χ3v) is 12.6. The minimum absolute atomic E-state index is 0.0303. The van der Waals surface area contributed by atoms with Crippen molar-refractivity contribution in [3.63, 3.8) is 0 Å². The highest BCUT2D eigenvalue weighted by atomic mass is 32.1. The Balaban J connectivity index is 1.60. The number of ether oxygens (including phenoxy) is 5. The quantitative estimate of drug-likeness (QED) is 0.187. The maximum absolute atomic E-state index is 16.8. The van der Waals surface area contributed by atoms with Crippen molar-refractivity contribution in [3.05, 3.63) is 35.5 Å². The number of alkyl halides is 1. The van der Waals surface area contributed by atoms with Gasteiger partial charge in [-0.15, -0.1) is 11.3 Å². The van der Waals surface area contributed by atoms with E-state index in [1.165, 1.54) is 25.2 Å². The van der Waals surface area contributed by atoms with Crippen LogP contribution >= 0.6 is 11.3 Å². The predicted octanol–water partition coefficient (Wildman–Crippen LogP) is 4.76. The topological polar surface area (TPSA) is 195 Å². The van der Waals surface area contributed by atoms with E-state index in [0.29, 0.717) is 6.42 Å². The van der Waals surface area contributed by atoms with Crippen molar-refractivity contribution in [2.45, 2.75) is 141 Å². The summed E-state index contributed by atoms with van der Waals surface area (Å²) in [7, 11) is 3.65. The smallest absolute Gasteiger partial charge is 0.351 e. The van der Waals surface area contributed by atoms with E-state index in [4.69, 9.17) is 28.5 Å². The van der Waals surface area contributed by atoms with E-state index in [-0.39, 0.29) is 56.2 Å². The van der Waals surface area contributed by atoms with Gasteiger partial charge in [-0.2, -0.15) is 0 Å². The molecule has 3 aliphatic heterocycles. The van der Waals surface area contributed by atoms with Gasteiger partial charge in [0.25, 0.3) is 5.67 Å². The number of aliphatic hydroxyl groups excluding tert-OH is 1. The first-order valence-corrected chi connectivity index (χ1v) is 20.8. The fraction of sp³-hybridized carbons (Fsp3) is 0.707. The van der Waals surface area contributed by atoms with Crippen LogP contribution in [-0.4, -0.2) is 135 Å². The molecule has 0 spiro atoms. The van der Waals surface area contributed by atoms with Crippen molar-refractivity contribution in [2.24, 2.45) is 22.9 Å². The number of nitrogens with one attached hydrogen (secondary N) is 1. The van der Waals surface area contributed by atoms with E-state index >= 15 is 4.39 Å². The molecule has 5 rings (SSSR count). The highest BCUT2D eigenvalue weighted by Crippen LogP contribution is 2.40. The number of pyridine rings is 1. The van der Waals surface area contributed by atoms with Crippen molar-refractivity contribution < 1.29 is 52.7 Å². The number of hydrogen-bond donors (Lipinski definition) is 3. The lowest BCUT2D eigenvalue weighted by atomic mass is 9.73. The summed E-state index contributed by atoms with van der Waals surface area (Å²) in [6, 6.07) is 3.31. The molecule has 322 valence electrons. The van der Waals surface area contributed by atoms with E-state index < -0.39 is 77.1 Å². The number of likely N-dealkylation sites (N-methyl/N-ethyl adjacent to an activating group) is 1. The van der Waals surface area contributed by atoms with Crippen LogP contribution < -0.4 is 0 Å². The fourth-order valence-electron chi connectivity index (χ4n) is 8.41. The Kier molecular flexibility index (Phi) is 14.6. The number of hydrogen-bond acceptors (Lipinski definition) is 16. The molecule has 0 amide bonds. The summed E-state index contributed by atoms with van der Waals surface area (Å²) in [5, 5.41) is 40.2. The van der Waals surface area contributed by atoms with Crippen molar-refractivity contribution in [3.8, 4) is 10.7 Å². The van der Waals surface area contributed by atoms with Crippen LogP contribution in [-0.2, 0) is 44.7 Å². The molecule has 0 unspecified atom stereocenters. The summed E-state index contributed by atoms with van der Waals surface area (Å²) < 4.78 is 48.4. The molecule has 3 fully saturated rings. The highest BCUT2D eigenvalue weighted by Gasteiger charge is 2.56. The average Bonchev–Trinajstić information content (AvgIpc) is 3.72. The molecule has 15 nitrogen and oxygen atoms in total. The second-order valence-corrected chi connectivity index (χ2v) is 17.7. The first-order valence-electron chi connectivity index (χ1n) is 19.9. The van der Waals surface area contributed by atoms with Gasteiger partial charge in [0.05, 0.1) is 42.8 Å². The van der Waals surface area contributed by atoms with Gasteiger partial charge in [-0.25, -0.2) is 14.2 Å². The van der Waals surface area contributed by atoms with E-state index in [1.54, 1.807) is 33.2 Å². The number of esters is 1. The Hall–Kier alpha value is -3.29. The Morgan fingerprint density at radius 1 is 1.10 bits per heavy atom. The fourth-order valence-corrected chi connectivity index (χ4v) is 9.03. The number of carbonyl (C=O) groups excluding carboxylic acids is 2. The highest BCUT2D eigenvalue weighted by molar-refractivity contribution is 7.13. The zero-order chi connectivity index (χ0) is 42.7. The van der Waals surface area contributed by atoms with E-state index in [2.05, 4.69) is 15.1 Å². The Bertz CT molecular complexity index is 1760. The zero-order valence-corrected chi connectivity index (χ0v) is 36.0. The minimum atomic E-state index is -3.19. The van der Waals surface area contributed by atoms with E-state index in [9.17, 15) is 25.2 Å². The molecule has 5 heterocycles. The number of carbonyl (C=O) groups is 2. The van der Waals surface area contributed by atoms with Gasteiger partial charge in [-0.3, -0.25) is 9.78 Å². The summed E-state index contributed by atoms with van der Waals surface area (Å²) in [5.74, 6) is -5.38. The number of aliphatic hydroxyl groups is 2. The van der Waals surface area contributed by atoms with Crippen LogP contribution in [0, 0.1) is 23.2 Å². The molecule has 3 saturated heterocycles. The van der Waals surface area contributed by atoms with Gasteiger partial charge in [-0.05, 0) is 73.0 Å². The molecule has 13 atom stereocenters. The lowest BCUT2D eigenvalue weighted by Gasteiger charge is -2.47. The largest absolute Gasteiger partial charge is 0.457 e. The van der Waals surface area contributed by atoms with Gasteiger partial charge < -0.3 is 49.0 Å². The molecule has 3 aliphatic rings. The molecule has 0 radical (unpaired) electrons. The molecule has 0 saturated carbocycles. The second-order valence-electron chi connectivity index (χ2n) is 16.8. The summed E-state index contributed by atoms with van der Waals surface area (Å²) in [4.78, 5) is 44.5. The standard InChI is InChI=1S/C41H60FN5O10S/c1-11-30-41(8,51)35-24(4)31(43)22(2)17-39(6,53-21-27(20-52-35)46-54-19-26-12-13-28(45-18-26)36-44-14-15-58-36)34(25(5)33(49)40(7,42)38(50)56-30)57-37-32(48)29(47(9)10)16-23(3)55-37/h12-15,18,22-25,29-30,32,34-35,37,43,48,51H,11,16-17,19-21H2,1-10H3/b43-31?,46-27+/t22-,23-,24+,25+,29+,30-,32-,34-,35-,37+,39-,40+,41-/m1/s1. The van der Waals surface area contributed by atoms with Crippen LogP contribution in [0.3, 0.4) is 0 Å². The molecular weight excluding hydrogens is 774 g/mol. The predicted molar refractivity (Wildman–Crippen MR) is 214 cm³/mol. The maximum Gasteiger partial charge on any atom is 0.351 e. The molecule has 0 aromatic carbocycles. The number of halogens is 1. The number of ketones is 1. The van der Waals surface area contributed by atoms with Crippen molar-refractivity contribution >= 4 is 34.5 Å². The Morgan fingerprint density at radius 2 is 1.83 bits per heavy atom. The number of cyclic esters (lactones) is 1. The van der Waals surface area contributed by atoms with Gasteiger partial charge in [0.1, 0.15) is 35.1 Å². The lowest BCUT2D eigenvalue weighted by Crippen LogP contribution is -2.61. The molecule has 3 N–H and O–H groups in total. The molecule has 2 aromatic heterocycles. The molecule has 58 heavy (non-hydrogen) atoms. The van der Waals surface area contributed by atoms with Gasteiger partial charge in [0.15, 0.2) is 12.1 Å². The summed E-state index contributed by atoms with van der Waals surface area (Å²) >= 11 is 1.48. The monoisotopic (exact) mass is 833 g/mol. The van der Waals surface area contributed by atoms with Gasteiger partial charge in [-0.1, -0.05) is 38.9 Å². The van der Waals surface area contributed by atoms with Gasteiger partial charge in [0.2, 0.25) is 0 Å². The van der Waals surface area contributed by atoms with Crippen LogP contribution in [0.15, 0.2) is 35.1 Å². The van der Waals surface area contributed by atoms with Crippen LogP contribution in [0.2, 0.25) is 0 Å². The third-order valence-electron chi connectivity index (χ3n) is 11.8. The molecule has 2 bridgehead atoms. The number of aromatic nitrogens is 2. The zero-order valence-electron chi connectivity index (χ0n) is 35.1. The Morgan fingerprint density at radius 3 is 2.45 bits per heavy atom. The number of Topliss-reactive ketones (excluding diaryl/α,β-unsaturated/α-hetero) is 1. The summed E-state index contributed by atoms with van der Waals surface area (Å²) in [6.45, 7) is 12.0. The van der Waals surface area contributed by atoms with Crippen molar-refractivity contribution in [2.75, 3.05) is 27.3 Å². The van der Waals surface area contributed by atoms with Crippen LogP contribution in [0.5, 0.6) is 0 Å². The van der Waals surface area contributed by atoms with Crippen LogP contribution in [0.4, 0.5) is 4.39 Å². The SMILES string of the molecule is CC[C@H]1OC(=O)[C@@](C)(F)C(=O)[C@H](C)[C@@H](O[C@@H]2O[C@H](C)C[C@H](N(C)C)[C@H]2O)[C@@]2(C)C[C@@H](C)C(=N)[C@H](C)[C@@H](OC/C(=N\OCc3ccc(-c4nccs4)nc3)CO2)[C@]1(C)O. The maximum atomic E-state index is 16.8. The average molecular weight is 834 g/mol. The summed E-state index contributed by atoms with van der Waals surface area (Å²) in [6.07, 6.45) is -2.73. The normalized spacial score (nSPS) is 39.1. The lowest BCUT2D eigenvalue weighted by molar-refractivity contribution is -0.296. The molecular formula is C41H60FN5O10S. The Labute approximate surface area is 344 Å². The first-order chi connectivity index (χ1) is 27.2. The van der Waals surface area contributed by atoms with Crippen LogP contribution in [0.1, 0.15) is 80.2 Å². The third kappa shape index (κ3) is 9.84. The second kappa shape index (κ2) is 18.5. The number of thiazole rings is 1. The first kappa shape index (κ1) is 45.8. The van der Waals surface area contributed by atoms with Crippen molar-refractivity contribution in [1.82, 2.24) is 14.9 Å². The van der Waals surface area contributed by atoms with Gasteiger partial charge in [0, 0.05) is 46.9 Å². The van der Waals surface area contributed by atoms with Crippen molar-refractivity contribution in [1.29, 1.82) is 5.41 Å². The molecule has 17 heteroatoms. The number of fused-ring (bicyclic) bond motifs is 5. The van der Waals surface area contributed by atoms with Crippen LogP contribution in [0.25, 0.3) is 10.7 Å². The molecule has 0 aliphatic carbocycles.